The Morgan fingerprint density at radius 2 is 1.71 bits per heavy atom. The molecule has 1 aliphatic rings. The lowest BCUT2D eigenvalue weighted by Crippen LogP contribution is -2.57. The summed E-state index contributed by atoms with van der Waals surface area (Å²) in [4.78, 5) is 0. The van der Waals surface area contributed by atoms with Gasteiger partial charge in [-0.25, -0.2) is 0 Å². The van der Waals surface area contributed by atoms with Gasteiger partial charge in [0, 0.05) is 6.04 Å². The van der Waals surface area contributed by atoms with Crippen LogP contribution in [-0.4, -0.2) is 46.2 Å². The Bertz CT molecular complexity index is 213. The third-order valence-corrected chi connectivity index (χ3v) is 3.76. The Balaban J connectivity index is 2.28. The summed E-state index contributed by atoms with van der Waals surface area (Å²) in [6.45, 7) is 4.96. The first-order chi connectivity index (χ1) is 8.07. The van der Waals surface area contributed by atoms with E-state index in [1.165, 1.54) is 19.3 Å². The van der Waals surface area contributed by atoms with Crippen LogP contribution in [0.25, 0.3) is 0 Å². The maximum atomic E-state index is 9.86. The van der Waals surface area contributed by atoms with Gasteiger partial charge in [0.15, 0.2) is 0 Å². The summed E-state index contributed by atoms with van der Waals surface area (Å²) >= 11 is 0. The van der Waals surface area contributed by atoms with E-state index < -0.39 is 18.3 Å². The number of hydrogen-bond donors (Lipinski definition) is 4. The molecule has 4 nitrogen and oxygen atoms in total. The van der Waals surface area contributed by atoms with Crippen LogP contribution in [0.5, 0.6) is 0 Å². The predicted molar refractivity (Wildman–Crippen MR) is 67.7 cm³/mol. The highest BCUT2D eigenvalue weighted by Gasteiger charge is 2.40. The fourth-order valence-corrected chi connectivity index (χ4v) is 2.50. The predicted octanol–water partition coefficient (Wildman–Crippen LogP) is 0.647. The van der Waals surface area contributed by atoms with Gasteiger partial charge in [-0.15, -0.1) is 0 Å². The van der Waals surface area contributed by atoms with Crippen molar-refractivity contribution in [3.63, 3.8) is 0 Å². The van der Waals surface area contributed by atoms with Crippen LogP contribution >= 0.6 is 0 Å². The van der Waals surface area contributed by atoms with E-state index in [1.807, 2.05) is 6.92 Å². The van der Waals surface area contributed by atoms with E-state index in [4.69, 9.17) is 0 Å². The van der Waals surface area contributed by atoms with Crippen LogP contribution in [0.3, 0.4) is 0 Å². The normalized spacial score (nSPS) is 38.3. The van der Waals surface area contributed by atoms with Crippen LogP contribution < -0.4 is 5.32 Å². The lowest BCUT2D eigenvalue weighted by atomic mass is 9.80. The lowest BCUT2D eigenvalue weighted by Gasteiger charge is -2.39. The molecule has 1 fully saturated rings. The zero-order chi connectivity index (χ0) is 12.8. The third-order valence-electron chi connectivity index (χ3n) is 3.76. The van der Waals surface area contributed by atoms with Gasteiger partial charge in [0.25, 0.3) is 0 Å². The highest BCUT2D eigenvalue weighted by atomic mass is 16.4. The number of hydrogen-bond acceptors (Lipinski definition) is 4. The van der Waals surface area contributed by atoms with E-state index >= 15 is 0 Å². The van der Waals surface area contributed by atoms with Crippen molar-refractivity contribution in [2.24, 2.45) is 5.92 Å². The maximum Gasteiger partial charge on any atom is 0.107 e. The summed E-state index contributed by atoms with van der Waals surface area (Å²) in [6, 6.07) is -0.0926. The fraction of sp³-hybridized carbons (Fsp3) is 1.00. The number of aliphatic hydroxyl groups excluding tert-OH is 3. The molecule has 0 amide bonds. The van der Waals surface area contributed by atoms with Gasteiger partial charge >= 0.3 is 0 Å². The molecule has 4 N–H and O–H groups in total. The van der Waals surface area contributed by atoms with Crippen molar-refractivity contribution in [1.29, 1.82) is 0 Å². The van der Waals surface area contributed by atoms with Crippen LogP contribution in [0.15, 0.2) is 0 Å². The van der Waals surface area contributed by atoms with E-state index in [0.717, 1.165) is 13.0 Å². The van der Waals surface area contributed by atoms with Gasteiger partial charge < -0.3 is 20.6 Å². The van der Waals surface area contributed by atoms with Crippen LogP contribution in [0, 0.1) is 5.92 Å². The second-order valence-corrected chi connectivity index (χ2v) is 5.31. The Morgan fingerprint density at radius 3 is 2.35 bits per heavy atom. The molecule has 0 aromatic heterocycles. The first-order valence-electron chi connectivity index (χ1n) is 6.85. The van der Waals surface area contributed by atoms with Gasteiger partial charge in [0.1, 0.15) is 6.10 Å². The molecule has 0 aliphatic heterocycles. The second-order valence-electron chi connectivity index (χ2n) is 5.31. The molecule has 0 unspecified atom stereocenters. The Hall–Kier alpha value is -0.160. The summed E-state index contributed by atoms with van der Waals surface area (Å²) in [7, 11) is 0. The molecule has 0 bridgehead atoms. The molecule has 0 aromatic carbocycles. The monoisotopic (exact) mass is 245 g/mol. The molecule has 0 spiro atoms. The van der Waals surface area contributed by atoms with Crippen LogP contribution in [0.2, 0.25) is 0 Å². The fourth-order valence-electron chi connectivity index (χ4n) is 2.50. The van der Waals surface area contributed by atoms with Gasteiger partial charge in [-0.05, 0) is 25.3 Å². The standard InChI is InChI=1S/C13H27NO3/c1-3-4-5-6-7-14-10-8-9(2)11(15)13(17)12(10)16/h9-17H,3-8H2,1-2H3/t9-,10+,11-,12-,13-/m1/s1. The quantitative estimate of drug-likeness (QED) is 0.518. The highest BCUT2D eigenvalue weighted by molar-refractivity contribution is 4.94. The topological polar surface area (TPSA) is 72.7 Å². The molecular weight excluding hydrogens is 218 g/mol. The van der Waals surface area contributed by atoms with Crippen molar-refractivity contribution in [3.05, 3.63) is 0 Å². The van der Waals surface area contributed by atoms with Crippen molar-refractivity contribution >= 4 is 0 Å². The number of aliphatic hydroxyl groups is 3. The minimum atomic E-state index is -1.02. The first kappa shape index (κ1) is 14.9. The molecule has 102 valence electrons. The average molecular weight is 245 g/mol. The van der Waals surface area contributed by atoms with Crippen LogP contribution in [0.1, 0.15) is 46.0 Å². The van der Waals surface area contributed by atoms with Crippen molar-refractivity contribution in [3.8, 4) is 0 Å². The van der Waals surface area contributed by atoms with Crippen molar-refractivity contribution in [2.45, 2.75) is 70.3 Å². The van der Waals surface area contributed by atoms with Crippen LogP contribution in [-0.2, 0) is 0 Å². The molecule has 0 radical (unpaired) electrons. The Labute approximate surface area is 104 Å². The van der Waals surface area contributed by atoms with E-state index in [2.05, 4.69) is 12.2 Å². The molecule has 17 heavy (non-hydrogen) atoms. The highest BCUT2D eigenvalue weighted by Crippen LogP contribution is 2.25. The molecular formula is C13H27NO3. The zero-order valence-electron chi connectivity index (χ0n) is 11.0. The summed E-state index contributed by atoms with van der Waals surface area (Å²) < 4.78 is 0. The zero-order valence-corrected chi connectivity index (χ0v) is 11.0. The van der Waals surface area contributed by atoms with Crippen LogP contribution in [0.4, 0.5) is 0 Å². The first-order valence-corrected chi connectivity index (χ1v) is 6.85. The van der Waals surface area contributed by atoms with Gasteiger partial charge in [-0.1, -0.05) is 33.1 Å². The van der Waals surface area contributed by atoms with Crippen molar-refractivity contribution in [2.75, 3.05) is 6.54 Å². The van der Waals surface area contributed by atoms with E-state index in [1.54, 1.807) is 0 Å². The Kier molecular flexibility index (Phi) is 6.41. The van der Waals surface area contributed by atoms with Gasteiger partial charge in [0.2, 0.25) is 0 Å². The van der Waals surface area contributed by atoms with Gasteiger partial charge in [0.05, 0.1) is 12.2 Å². The summed E-state index contributed by atoms with van der Waals surface area (Å²) in [5.41, 5.74) is 0. The third kappa shape index (κ3) is 4.21. The van der Waals surface area contributed by atoms with Crippen molar-refractivity contribution in [1.82, 2.24) is 5.32 Å². The molecule has 0 aromatic rings. The molecule has 0 heterocycles. The summed E-state index contributed by atoms with van der Waals surface area (Å²) in [6.07, 6.45) is 2.80. The maximum absolute atomic E-state index is 9.86. The lowest BCUT2D eigenvalue weighted by molar-refractivity contribution is -0.119. The Morgan fingerprint density at radius 1 is 1.00 bits per heavy atom. The van der Waals surface area contributed by atoms with Gasteiger partial charge in [-0.3, -0.25) is 0 Å². The minimum absolute atomic E-state index is 0.0292. The minimum Gasteiger partial charge on any atom is -0.390 e. The average Bonchev–Trinajstić information content (AvgIpc) is 2.32. The molecule has 0 saturated heterocycles. The number of rotatable bonds is 6. The molecule has 4 heteroatoms. The summed E-state index contributed by atoms with van der Waals surface area (Å²) in [5, 5.41) is 32.5. The largest absolute Gasteiger partial charge is 0.390 e. The second kappa shape index (κ2) is 7.31. The van der Waals surface area contributed by atoms with Gasteiger partial charge in [-0.2, -0.15) is 0 Å². The summed E-state index contributed by atoms with van der Waals surface area (Å²) in [5.74, 6) is 0.0292. The van der Waals surface area contributed by atoms with E-state index in [9.17, 15) is 15.3 Å². The molecule has 1 saturated carbocycles. The molecule has 5 atom stereocenters. The SMILES string of the molecule is CCCCCCN[C@H]1C[C@@H](C)[C@@H](O)[C@@H](O)[C@@H]1O. The van der Waals surface area contributed by atoms with Crippen molar-refractivity contribution < 1.29 is 15.3 Å². The number of unbranched alkanes of at least 4 members (excludes halogenated alkanes) is 3. The molecule has 1 rings (SSSR count). The number of nitrogens with one attached hydrogen (secondary N) is 1. The van der Waals surface area contributed by atoms with E-state index in [0.29, 0.717) is 6.42 Å². The molecule has 1 aliphatic carbocycles. The smallest absolute Gasteiger partial charge is 0.107 e. The van der Waals surface area contributed by atoms with E-state index in [-0.39, 0.29) is 12.0 Å².